The summed E-state index contributed by atoms with van der Waals surface area (Å²) in [5, 5.41) is 9.21. The Labute approximate surface area is 257 Å². The van der Waals surface area contributed by atoms with E-state index in [0.29, 0.717) is 49.5 Å². The highest BCUT2D eigenvalue weighted by Crippen LogP contribution is 2.42. The number of aliphatic carboxylic acids is 1. The minimum absolute atomic E-state index is 0.0819. The van der Waals surface area contributed by atoms with Crippen molar-refractivity contribution in [3.63, 3.8) is 0 Å². The van der Waals surface area contributed by atoms with Crippen LogP contribution in [-0.4, -0.2) is 23.5 Å². The number of hydrogen-bond acceptors (Lipinski definition) is 4. The average molecular weight is 678 g/mol. The fourth-order valence-electron chi connectivity index (χ4n) is 4.34. The van der Waals surface area contributed by atoms with Crippen molar-refractivity contribution in [2.24, 2.45) is 0 Å². The summed E-state index contributed by atoms with van der Waals surface area (Å²) in [6.45, 7) is 6.38. The van der Waals surface area contributed by atoms with Crippen molar-refractivity contribution < 1.29 is 24.2 Å². The van der Waals surface area contributed by atoms with Gasteiger partial charge in [0.05, 0.1) is 20.9 Å². The van der Waals surface area contributed by atoms with Gasteiger partial charge in [-0.25, -0.2) is 0 Å². The maximum atomic E-state index is 13.9. The molecule has 0 aliphatic carbocycles. The summed E-state index contributed by atoms with van der Waals surface area (Å²) in [7, 11) is 0. The zero-order valence-electron chi connectivity index (χ0n) is 23.0. The molecule has 4 rings (SSSR count). The Morgan fingerprint density at radius 2 is 1.61 bits per heavy atom. The Morgan fingerprint density at radius 1 is 0.902 bits per heavy atom. The molecule has 0 saturated carbocycles. The third kappa shape index (κ3) is 7.96. The molecule has 0 aliphatic rings. The lowest BCUT2D eigenvalue weighted by atomic mass is 9.95. The van der Waals surface area contributed by atoms with Crippen molar-refractivity contribution in [2.75, 3.05) is 6.61 Å². The Bertz CT molecular complexity index is 1570. The van der Waals surface area contributed by atoms with Crippen LogP contribution in [0.25, 0.3) is 6.08 Å². The van der Waals surface area contributed by atoms with Gasteiger partial charge in [0.2, 0.25) is 0 Å². The highest BCUT2D eigenvalue weighted by molar-refractivity contribution is 9.11. The molecule has 0 amide bonds. The van der Waals surface area contributed by atoms with Gasteiger partial charge in [0.1, 0.15) is 18.1 Å². The molecule has 41 heavy (non-hydrogen) atoms. The summed E-state index contributed by atoms with van der Waals surface area (Å²) < 4.78 is 13.7. The van der Waals surface area contributed by atoms with E-state index in [1.165, 1.54) is 0 Å². The van der Waals surface area contributed by atoms with E-state index in [1.807, 2.05) is 73.7 Å². The molecule has 7 heteroatoms. The number of rotatable bonds is 11. The number of benzene rings is 4. The number of hydrogen-bond donors (Lipinski definition) is 1. The van der Waals surface area contributed by atoms with Gasteiger partial charge in [-0.3, -0.25) is 9.59 Å². The lowest BCUT2D eigenvalue weighted by Gasteiger charge is -2.20. The van der Waals surface area contributed by atoms with Crippen LogP contribution in [0.4, 0.5) is 0 Å². The number of carboxylic acids is 1. The van der Waals surface area contributed by atoms with Crippen LogP contribution in [-0.2, 0) is 11.2 Å². The summed E-state index contributed by atoms with van der Waals surface area (Å²) >= 11 is 7.04. The fourth-order valence-corrected chi connectivity index (χ4v) is 5.78. The Kier molecular flexibility index (Phi) is 10.2. The van der Waals surface area contributed by atoms with Gasteiger partial charge in [0.15, 0.2) is 11.5 Å². The van der Waals surface area contributed by atoms with E-state index in [-0.39, 0.29) is 18.1 Å². The molecule has 0 bridgehead atoms. The lowest BCUT2D eigenvalue weighted by molar-refractivity contribution is -0.136. The SMILES string of the molecule is Cc1cccc(C(=O)c2cc(OCC=Cc3ccccc3)c(C(C)C)cc2Oc2c(Br)cc(CC(=O)O)cc2Br)c1. The van der Waals surface area contributed by atoms with Gasteiger partial charge in [-0.05, 0) is 92.2 Å². The topological polar surface area (TPSA) is 72.8 Å². The van der Waals surface area contributed by atoms with Gasteiger partial charge in [-0.15, -0.1) is 0 Å². The summed E-state index contributed by atoms with van der Waals surface area (Å²) in [6, 6.07) is 24.4. The maximum Gasteiger partial charge on any atom is 0.307 e. The monoisotopic (exact) mass is 676 g/mol. The summed E-state index contributed by atoms with van der Waals surface area (Å²) in [6.07, 6.45) is 3.81. The molecular weight excluding hydrogens is 648 g/mol. The Balaban J connectivity index is 1.76. The fraction of sp³-hybridized carbons (Fsp3) is 0.176. The Hall–Kier alpha value is -3.68. The minimum atomic E-state index is -0.931. The molecule has 210 valence electrons. The second-order valence-electron chi connectivity index (χ2n) is 9.92. The van der Waals surface area contributed by atoms with E-state index in [0.717, 1.165) is 16.7 Å². The van der Waals surface area contributed by atoms with Gasteiger partial charge in [-0.1, -0.05) is 74.0 Å². The summed E-state index contributed by atoms with van der Waals surface area (Å²) in [4.78, 5) is 25.1. The van der Waals surface area contributed by atoms with Crippen LogP contribution >= 0.6 is 31.9 Å². The molecule has 0 aromatic heterocycles. The van der Waals surface area contributed by atoms with Crippen molar-refractivity contribution in [2.45, 2.75) is 33.1 Å². The Morgan fingerprint density at radius 3 is 2.24 bits per heavy atom. The number of carbonyl (C=O) groups excluding carboxylic acids is 1. The first-order chi connectivity index (χ1) is 19.6. The molecule has 0 heterocycles. The third-order valence-corrected chi connectivity index (χ3v) is 7.51. The first-order valence-corrected chi connectivity index (χ1v) is 14.7. The van der Waals surface area contributed by atoms with E-state index < -0.39 is 5.97 Å². The zero-order valence-corrected chi connectivity index (χ0v) is 26.2. The van der Waals surface area contributed by atoms with Crippen LogP contribution in [0, 0.1) is 6.92 Å². The molecule has 0 fully saturated rings. The third-order valence-electron chi connectivity index (χ3n) is 6.33. The molecule has 0 spiro atoms. The van der Waals surface area contributed by atoms with Crippen LogP contribution in [0.1, 0.15) is 57.9 Å². The van der Waals surface area contributed by atoms with E-state index in [2.05, 4.69) is 45.7 Å². The smallest absolute Gasteiger partial charge is 0.307 e. The molecule has 5 nitrogen and oxygen atoms in total. The van der Waals surface area contributed by atoms with E-state index in [4.69, 9.17) is 9.47 Å². The second-order valence-corrected chi connectivity index (χ2v) is 11.6. The number of aryl methyl sites for hydroxylation is 1. The molecule has 4 aromatic carbocycles. The first kappa shape index (κ1) is 30.3. The number of carbonyl (C=O) groups is 2. The van der Waals surface area contributed by atoms with Crippen LogP contribution in [0.2, 0.25) is 0 Å². The molecule has 1 N–H and O–H groups in total. The van der Waals surface area contributed by atoms with Gasteiger partial charge in [-0.2, -0.15) is 0 Å². The van der Waals surface area contributed by atoms with Crippen molar-refractivity contribution in [3.05, 3.63) is 127 Å². The normalized spacial score (nSPS) is 11.2. The summed E-state index contributed by atoms with van der Waals surface area (Å²) in [5.41, 5.74) is 4.44. The average Bonchev–Trinajstić information content (AvgIpc) is 2.93. The molecule has 0 saturated heterocycles. The van der Waals surface area contributed by atoms with Crippen molar-refractivity contribution in [3.8, 4) is 17.2 Å². The standard InChI is InChI=1S/C34H30Br2O5/c1-21(2)26-19-31(41-34-28(35)16-24(17-29(34)36)18-32(37)38)27(33(39)25-13-7-9-22(3)15-25)20-30(26)40-14-8-12-23-10-5-4-6-11-23/h4-13,15-17,19-21H,14,18H2,1-3H3,(H,37,38). The number of carboxylic acid groups (broad SMARTS) is 1. The maximum absolute atomic E-state index is 13.9. The van der Waals surface area contributed by atoms with Gasteiger partial charge >= 0.3 is 5.97 Å². The van der Waals surface area contributed by atoms with Gasteiger partial charge in [0, 0.05) is 11.1 Å². The molecule has 4 aromatic rings. The predicted octanol–water partition coefficient (Wildman–Crippen LogP) is 9.39. The van der Waals surface area contributed by atoms with Crippen molar-refractivity contribution in [1.82, 2.24) is 0 Å². The number of ketones is 1. The predicted molar refractivity (Wildman–Crippen MR) is 169 cm³/mol. The highest BCUT2D eigenvalue weighted by Gasteiger charge is 2.23. The van der Waals surface area contributed by atoms with Gasteiger partial charge in [0.25, 0.3) is 0 Å². The van der Waals surface area contributed by atoms with Crippen molar-refractivity contribution in [1.29, 1.82) is 0 Å². The van der Waals surface area contributed by atoms with E-state index >= 15 is 0 Å². The lowest BCUT2D eigenvalue weighted by Crippen LogP contribution is -2.08. The molecule has 0 radical (unpaired) electrons. The minimum Gasteiger partial charge on any atom is -0.489 e. The largest absolute Gasteiger partial charge is 0.489 e. The quantitative estimate of drug-likeness (QED) is 0.160. The number of halogens is 2. The first-order valence-electron chi connectivity index (χ1n) is 13.1. The molecular formula is C34H30Br2O5. The molecule has 0 atom stereocenters. The van der Waals surface area contributed by atoms with E-state index in [9.17, 15) is 14.7 Å². The zero-order chi connectivity index (χ0) is 29.5. The summed E-state index contributed by atoms with van der Waals surface area (Å²) in [5.74, 6) is 0.374. The van der Waals surface area contributed by atoms with Gasteiger partial charge < -0.3 is 14.6 Å². The second kappa shape index (κ2) is 13.8. The van der Waals surface area contributed by atoms with E-state index in [1.54, 1.807) is 24.3 Å². The van der Waals surface area contributed by atoms with Crippen LogP contribution < -0.4 is 9.47 Å². The molecule has 0 unspecified atom stereocenters. The molecule has 0 aliphatic heterocycles. The van der Waals surface area contributed by atoms with Crippen molar-refractivity contribution >= 4 is 49.7 Å². The highest BCUT2D eigenvalue weighted by atomic mass is 79.9. The van der Waals surface area contributed by atoms with Crippen LogP contribution in [0.3, 0.4) is 0 Å². The number of ether oxygens (including phenoxy) is 2. The van der Waals surface area contributed by atoms with Crippen LogP contribution in [0.5, 0.6) is 17.2 Å². The van der Waals surface area contributed by atoms with Crippen LogP contribution in [0.15, 0.2) is 93.9 Å².